The lowest BCUT2D eigenvalue weighted by atomic mass is 9.94. The van der Waals surface area contributed by atoms with Crippen LogP contribution < -0.4 is 0 Å². The quantitative estimate of drug-likeness (QED) is 0.797. The molecule has 0 bridgehead atoms. The molecule has 0 aromatic heterocycles. The molecule has 1 saturated heterocycles. The molecule has 118 valence electrons. The molecule has 1 aliphatic rings. The number of benzene rings is 1. The summed E-state index contributed by atoms with van der Waals surface area (Å²) in [4.78, 5) is 0.148. The van der Waals surface area contributed by atoms with Gasteiger partial charge in [0.05, 0.1) is 4.90 Å². The number of sulfonamides is 1. The largest absolute Gasteiger partial charge is 0.249 e. The minimum absolute atomic E-state index is 0.128. The predicted octanol–water partition coefficient (Wildman–Crippen LogP) is 3.81. The van der Waals surface area contributed by atoms with Gasteiger partial charge in [-0.15, -0.1) is 0 Å². The van der Waals surface area contributed by atoms with Crippen molar-refractivity contribution in [3.63, 3.8) is 0 Å². The lowest BCUT2D eigenvalue weighted by Crippen LogP contribution is -2.44. The van der Waals surface area contributed by atoms with Crippen LogP contribution in [0.4, 0.5) is 8.78 Å². The number of aryl methyl sites for hydroxylation is 1. The Kier molecular flexibility index (Phi) is 4.75. The molecule has 21 heavy (non-hydrogen) atoms. The van der Waals surface area contributed by atoms with Gasteiger partial charge in [-0.1, -0.05) is 15.9 Å². The van der Waals surface area contributed by atoms with Gasteiger partial charge in [0.2, 0.25) is 15.9 Å². The van der Waals surface area contributed by atoms with Crippen LogP contribution in [0.2, 0.25) is 0 Å². The predicted molar refractivity (Wildman–Crippen MR) is 81.0 cm³/mol. The zero-order valence-corrected chi connectivity index (χ0v) is 14.3. The molecule has 7 heteroatoms. The topological polar surface area (TPSA) is 37.4 Å². The standard InChI is InChI=1S/C14H18BrF2NO2S/c1-10-6-12(15)8-13(7-10)21(19,20)18-5-3-4-11(9-18)14(2,16)17/h6-8,11H,3-5,9H2,1-2H3. The highest BCUT2D eigenvalue weighted by molar-refractivity contribution is 9.10. The third kappa shape index (κ3) is 3.81. The van der Waals surface area contributed by atoms with Crippen molar-refractivity contribution in [2.24, 2.45) is 5.92 Å². The smallest absolute Gasteiger partial charge is 0.207 e. The molecule has 1 aliphatic heterocycles. The number of halogens is 3. The lowest BCUT2D eigenvalue weighted by molar-refractivity contribution is -0.0565. The highest BCUT2D eigenvalue weighted by Gasteiger charge is 2.40. The Morgan fingerprint density at radius 3 is 2.57 bits per heavy atom. The molecular formula is C14H18BrF2NO2S. The van der Waals surface area contributed by atoms with E-state index in [0.717, 1.165) is 12.5 Å². The average molecular weight is 382 g/mol. The van der Waals surface area contributed by atoms with Gasteiger partial charge >= 0.3 is 0 Å². The zero-order chi connectivity index (χ0) is 15.8. The molecule has 1 fully saturated rings. The SMILES string of the molecule is Cc1cc(Br)cc(S(=O)(=O)N2CCCC(C(C)(F)F)C2)c1. The van der Waals surface area contributed by atoms with Crippen molar-refractivity contribution in [3.05, 3.63) is 28.2 Å². The Balaban J connectivity index is 2.31. The van der Waals surface area contributed by atoms with Crippen LogP contribution in [0.1, 0.15) is 25.3 Å². The fourth-order valence-corrected chi connectivity index (χ4v) is 4.99. The summed E-state index contributed by atoms with van der Waals surface area (Å²) in [6.45, 7) is 2.82. The Morgan fingerprint density at radius 1 is 1.33 bits per heavy atom. The highest BCUT2D eigenvalue weighted by Crippen LogP contribution is 2.34. The normalized spacial score (nSPS) is 21.5. The van der Waals surface area contributed by atoms with Crippen LogP contribution in [0.3, 0.4) is 0 Å². The number of nitrogens with zero attached hydrogens (tertiary/aromatic N) is 1. The molecule has 0 radical (unpaired) electrons. The summed E-state index contributed by atoms with van der Waals surface area (Å²) in [5, 5.41) is 0. The summed E-state index contributed by atoms with van der Waals surface area (Å²) in [6, 6.07) is 4.88. The number of hydrogen-bond acceptors (Lipinski definition) is 2. The summed E-state index contributed by atoms with van der Waals surface area (Å²) < 4.78 is 54.0. The molecule has 1 aromatic rings. The maximum atomic E-state index is 13.5. The summed E-state index contributed by atoms with van der Waals surface area (Å²) in [5.41, 5.74) is 0.803. The van der Waals surface area contributed by atoms with E-state index in [9.17, 15) is 17.2 Å². The molecule has 2 rings (SSSR count). The van der Waals surface area contributed by atoms with E-state index < -0.39 is 21.9 Å². The van der Waals surface area contributed by atoms with Crippen molar-refractivity contribution in [2.45, 2.75) is 37.5 Å². The van der Waals surface area contributed by atoms with Gasteiger partial charge in [-0.05, 0) is 50.5 Å². The van der Waals surface area contributed by atoms with Crippen LogP contribution in [0.5, 0.6) is 0 Å². The summed E-state index contributed by atoms with van der Waals surface area (Å²) in [7, 11) is -3.73. The van der Waals surface area contributed by atoms with Gasteiger partial charge in [-0.2, -0.15) is 4.31 Å². The van der Waals surface area contributed by atoms with Crippen LogP contribution in [0, 0.1) is 12.8 Å². The lowest BCUT2D eigenvalue weighted by Gasteiger charge is -2.34. The van der Waals surface area contributed by atoms with E-state index in [1.165, 1.54) is 10.4 Å². The Labute approximate surface area is 132 Å². The van der Waals surface area contributed by atoms with Crippen molar-refractivity contribution in [1.29, 1.82) is 0 Å². The molecular weight excluding hydrogens is 364 g/mol. The first-order valence-corrected chi connectivity index (χ1v) is 8.99. The second-order valence-electron chi connectivity index (χ2n) is 5.62. The summed E-state index contributed by atoms with van der Waals surface area (Å²) in [5.74, 6) is -3.78. The molecule has 0 spiro atoms. The molecule has 0 N–H and O–H groups in total. The minimum atomic E-state index is -3.73. The average Bonchev–Trinajstić information content (AvgIpc) is 2.36. The summed E-state index contributed by atoms with van der Waals surface area (Å²) >= 11 is 3.27. The molecule has 3 nitrogen and oxygen atoms in total. The fourth-order valence-electron chi connectivity index (χ4n) is 2.58. The van der Waals surface area contributed by atoms with Crippen molar-refractivity contribution in [3.8, 4) is 0 Å². The zero-order valence-electron chi connectivity index (χ0n) is 11.9. The number of alkyl halides is 2. The molecule has 0 aliphatic carbocycles. The first-order chi connectivity index (χ1) is 9.60. The van der Waals surface area contributed by atoms with Crippen LogP contribution in [-0.4, -0.2) is 31.7 Å². The second kappa shape index (κ2) is 5.93. The Morgan fingerprint density at radius 2 is 2.00 bits per heavy atom. The molecule has 1 atom stereocenters. The maximum absolute atomic E-state index is 13.5. The van der Waals surface area contributed by atoms with Gasteiger partial charge in [-0.3, -0.25) is 0 Å². The maximum Gasteiger partial charge on any atom is 0.249 e. The van der Waals surface area contributed by atoms with Gasteiger partial charge in [-0.25, -0.2) is 17.2 Å². The third-order valence-electron chi connectivity index (χ3n) is 3.75. The molecule has 0 amide bonds. The fraction of sp³-hybridized carbons (Fsp3) is 0.571. The van der Waals surface area contributed by atoms with Gasteiger partial charge < -0.3 is 0 Å². The van der Waals surface area contributed by atoms with Crippen LogP contribution >= 0.6 is 15.9 Å². The minimum Gasteiger partial charge on any atom is -0.207 e. The molecule has 1 aromatic carbocycles. The van der Waals surface area contributed by atoms with E-state index in [1.54, 1.807) is 19.1 Å². The Hall–Kier alpha value is -0.530. The molecule has 1 heterocycles. The third-order valence-corrected chi connectivity index (χ3v) is 6.06. The van der Waals surface area contributed by atoms with E-state index in [0.29, 0.717) is 23.9 Å². The van der Waals surface area contributed by atoms with Crippen molar-refractivity contribution >= 4 is 26.0 Å². The van der Waals surface area contributed by atoms with E-state index in [2.05, 4.69) is 15.9 Å². The first kappa shape index (κ1) is 16.8. The second-order valence-corrected chi connectivity index (χ2v) is 8.48. The monoisotopic (exact) mass is 381 g/mol. The van der Waals surface area contributed by atoms with Crippen molar-refractivity contribution in [2.75, 3.05) is 13.1 Å². The van der Waals surface area contributed by atoms with Gasteiger partial charge in [0.1, 0.15) is 0 Å². The van der Waals surface area contributed by atoms with E-state index in [4.69, 9.17) is 0 Å². The van der Waals surface area contributed by atoms with E-state index >= 15 is 0 Å². The van der Waals surface area contributed by atoms with Crippen LogP contribution in [0.15, 0.2) is 27.6 Å². The number of rotatable bonds is 3. The van der Waals surface area contributed by atoms with Gasteiger partial charge in [0.25, 0.3) is 0 Å². The number of piperidine rings is 1. The van der Waals surface area contributed by atoms with Gasteiger partial charge in [0.15, 0.2) is 0 Å². The Bertz CT molecular complexity index is 608. The highest BCUT2D eigenvalue weighted by atomic mass is 79.9. The van der Waals surface area contributed by atoms with E-state index in [-0.39, 0.29) is 11.4 Å². The van der Waals surface area contributed by atoms with Crippen LogP contribution in [-0.2, 0) is 10.0 Å². The summed E-state index contributed by atoms with van der Waals surface area (Å²) in [6.07, 6.45) is 0.813. The molecule has 1 unspecified atom stereocenters. The number of hydrogen-bond donors (Lipinski definition) is 0. The first-order valence-electron chi connectivity index (χ1n) is 6.76. The molecule has 0 saturated carbocycles. The van der Waals surface area contributed by atoms with Crippen molar-refractivity contribution < 1.29 is 17.2 Å². The van der Waals surface area contributed by atoms with Crippen LogP contribution in [0.25, 0.3) is 0 Å². The van der Waals surface area contributed by atoms with Crippen molar-refractivity contribution in [1.82, 2.24) is 4.31 Å². The van der Waals surface area contributed by atoms with E-state index in [1.807, 2.05) is 0 Å². The van der Waals surface area contributed by atoms with Gasteiger partial charge in [0, 0.05) is 23.5 Å².